The predicted molar refractivity (Wildman–Crippen MR) is 211 cm³/mol. The molecular weight excluding hydrogens is 692 g/mol. The van der Waals surface area contributed by atoms with E-state index in [0.717, 1.165) is 60.9 Å². The van der Waals surface area contributed by atoms with Gasteiger partial charge in [-0.3, -0.25) is 0 Å². The number of aryl methyl sites for hydroxylation is 1. The van der Waals surface area contributed by atoms with Crippen LogP contribution in [0.25, 0.3) is 5.69 Å². The largest absolute Gasteiger partial charge is 0.508 e. The van der Waals surface area contributed by atoms with Gasteiger partial charge in [-0.15, -0.1) is 0 Å². The van der Waals surface area contributed by atoms with E-state index in [0.29, 0.717) is 24.8 Å². The van der Waals surface area contributed by atoms with Crippen molar-refractivity contribution in [1.29, 1.82) is 0 Å². The summed E-state index contributed by atoms with van der Waals surface area (Å²) in [4.78, 5) is 19.2. The second-order valence-electron chi connectivity index (χ2n) is 13.6. The van der Waals surface area contributed by atoms with Gasteiger partial charge in [0.25, 0.3) is 0 Å². The molecule has 12 nitrogen and oxygen atoms in total. The maximum absolute atomic E-state index is 12.8. The standard InChI is InChI=1S/C38H47ClN8O4.C2H6/c1-6-29(4)47-37(49)45(26-42-47)31-9-7-30(8-10-31)43-17-19-44(20-18-43)32-11-14-36(28(3)21-32)50-23-27(2)24-51-38(5,25-46-40-15-16-41-46)34-13-12-33(48)22-35(34)39;1-2/h7-16,21-22,26-27,29,48H,6,17-20,23-25H2,1-5H3;1-2H3. The van der Waals surface area contributed by atoms with Gasteiger partial charge in [-0.05, 0) is 87.4 Å². The molecule has 0 amide bonds. The fourth-order valence-corrected chi connectivity index (χ4v) is 6.73. The Hall–Kier alpha value is -4.81. The summed E-state index contributed by atoms with van der Waals surface area (Å²) in [7, 11) is 0. The topological polar surface area (TPSA) is 116 Å². The van der Waals surface area contributed by atoms with E-state index < -0.39 is 5.60 Å². The Labute approximate surface area is 317 Å². The maximum atomic E-state index is 12.8. The van der Waals surface area contributed by atoms with Crippen LogP contribution in [0.4, 0.5) is 11.4 Å². The molecule has 0 aliphatic carbocycles. The van der Waals surface area contributed by atoms with Crippen LogP contribution in [0.2, 0.25) is 5.02 Å². The van der Waals surface area contributed by atoms with Gasteiger partial charge in [0.15, 0.2) is 0 Å². The number of aromatic nitrogens is 6. The fourth-order valence-electron chi connectivity index (χ4n) is 6.35. The van der Waals surface area contributed by atoms with Crippen LogP contribution < -0.4 is 20.2 Å². The number of piperazine rings is 1. The van der Waals surface area contributed by atoms with Crippen molar-refractivity contribution in [2.45, 2.75) is 73.1 Å². The first-order chi connectivity index (χ1) is 25.5. The van der Waals surface area contributed by atoms with Crippen molar-refractivity contribution in [3.05, 3.63) is 106 Å². The maximum Gasteiger partial charge on any atom is 0.350 e. The molecular formula is C40H53ClN8O4. The number of phenolic OH excluding ortho intramolecular Hbond substituents is 1. The summed E-state index contributed by atoms with van der Waals surface area (Å²) in [6, 6.07) is 19.5. The van der Waals surface area contributed by atoms with E-state index in [4.69, 9.17) is 21.1 Å². The van der Waals surface area contributed by atoms with Crippen molar-refractivity contribution in [2.75, 3.05) is 49.2 Å². The Morgan fingerprint density at radius 2 is 1.49 bits per heavy atom. The number of halogens is 1. The lowest BCUT2D eigenvalue weighted by Crippen LogP contribution is -2.46. The number of phenols is 1. The molecule has 0 spiro atoms. The van der Waals surface area contributed by atoms with Crippen LogP contribution in [0, 0.1) is 12.8 Å². The molecule has 284 valence electrons. The van der Waals surface area contributed by atoms with Gasteiger partial charge >= 0.3 is 5.69 Å². The zero-order valence-corrected chi connectivity index (χ0v) is 32.7. The summed E-state index contributed by atoms with van der Waals surface area (Å²) >= 11 is 6.54. The quantitative estimate of drug-likeness (QED) is 0.125. The molecule has 3 aromatic carbocycles. The summed E-state index contributed by atoms with van der Waals surface area (Å²) < 4.78 is 15.9. The van der Waals surface area contributed by atoms with E-state index in [9.17, 15) is 9.90 Å². The average molecular weight is 745 g/mol. The Balaban J connectivity index is 0.00000266. The lowest BCUT2D eigenvalue weighted by molar-refractivity contribution is -0.0706. The number of hydrogen-bond donors (Lipinski definition) is 1. The monoisotopic (exact) mass is 744 g/mol. The number of nitrogens with zero attached hydrogens (tertiary/aromatic N) is 8. The van der Waals surface area contributed by atoms with Crippen molar-refractivity contribution in [2.24, 2.45) is 5.92 Å². The highest BCUT2D eigenvalue weighted by atomic mass is 35.5. The van der Waals surface area contributed by atoms with Gasteiger partial charge in [-0.1, -0.05) is 45.4 Å². The van der Waals surface area contributed by atoms with E-state index in [1.165, 1.54) is 11.8 Å². The molecule has 1 fully saturated rings. The van der Waals surface area contributed by atoms with E-state index in [1.807, 2.05) is 39.8 Å². The van der Waals surface area contributed by atoms with Crippen molar-refractivity contribution in [3.63, 3.8) is 0 Å². The number of benzene rings is 3. The minimum atomic E-state index is -0.831. The molecule has 3 unspecified atom stereocenters. The van der Waals surface area contributed by atoms with Gasteiger partial charge in [0.2, 0.25) is 0 Å². The molecule has 0 bridgehead atoms. The second-order valence-corrected chi connectivity index (χ2v) is 14.0. The van der Waals surface area contributed by atoms with Crippen LogP contribution in [0.1, 0.15) is 65.1 Å². The minimum Gasteiger partial charge on any atom is -0.508 e. The van der Waals surface area contributed by atoms with E-state index in [-0.39, 0.29) is 23.4 Å². The molecule has 1 aliphatic heterocycles. The number of anilines is 2. The normalized spacial score (nSPS) is 15.3. The molecule has 1 saturated heterocycles. The van der Waals surface area contributed by atoms with Crippen LogP contribution in [-0.2, 0) is 16.9 Å². The van der Waals surface area contributed by atoms with Crippen LogP contribution >= 0.6 is 11.6 Å². The van der Waals surface area contributed by atoms with E-state index in [1.54, 1.807) is 44.9 Å². The molecule has 2 aromatic heterocycles. The number of rotatable bonds is 14. The van der Waals surface area contributed by atoms with Crippen molar-refractivity contribution in [1.82, 2.24) is 29.3 Å². The lowest BCUT2D eigenvalue weighted by atomic mass is 9.95. The highest BCUT2D eigenvalue weighted by molar-refractivity contribution is 6.31. The van der Waals surface area contributed by atoms with E-state index >= 15 is 0 Å². The van der Waals surface area contributed by atoms with Gasteiger partial charge in [-0.25, -0.2) is 14.0 Å². The molecule has 1 N–H and O–H groups in total. The Bertz CT molecular complexity index is 1950. The number of hydrogen-bond acceptors (Lipinski definition) is 9. The van der Waals surface area contributed by atoms with Crippen LogP contribution in [0.15, 0.2) is 84.2 Å². The minimum absolute atomic E-state index is 0.0650. The van der Waals surface area contributed by atoms with Gasteiger partial charge in [0.05, 0.1) is 48.9 Å². The third kappa shape index (κ3) is 9.41. The SMILES string of the molecule is CC.CCC(C)n1ncn(-c2ccc(N3CCN(c4ccc(OCC(C)COC(C)(Cn5nccn5)c5ccc(O)cc5Cl)c(C)c4)CC3)cc2)c1=O. The number of ether oxygens (including phenoxy) is 2. The van der Waals surface area contributed by atoms with Crippen molar-refractivity contribution < 1.29 is 14.6 Å². The van der Waals surface area contributed by atoms with Gasteiger partial charge in [0, 0.05) is 49.0 Å². The highest BCUT2D eigenvalue weighted by Crippen LogP contribution is 2.35. The second kappa shape index (κ2) is 17.8. The van der Waals surface area contributed by atoms with Crippen LogP contribution in [0.5, 0.6) is 11.5 Å². The third-order valence-electron chi connectivity index (χ3n) is 9.64. The summed E-state index contributed by atoms with van der Waals surface area (Å²) in [5.41, 5.74) is 4.02. The first kappa shape index (κ1) is 39.4. The van der Waals surface area contributed by atoms with Gasteiger partial charge in [-0.2, -0.15) is 20.1 Å². The Kier molecular flexibility index (Phi) is 13.2. The first-order valence-corrected chi connectivity index (χ1v) is 18.9. The van der Waals surface area contributed by atoms with Crippen LogP contribution in [-0.4, -0.2) is 73.8 Å². The van der Waals surface area contributed by atoms with Crippen molar-refractivity contribution in [3.8, 4) is 17.2 Å². The Morgan fingerprint density at radius 1 is 0.868 bits per heavy atom. The summed E-state index contributed by atoms with van der Waals surface area (Å²) in [5, 5.41) is 23.1. The van der Waals surface area contributed by atoms with Crippen molar-refractivity contribution >= 4 is 23.0 Å². The zero-order chi connectivity index (χ0) is 38.1. The molecule has 53 heavy (non-hydrogen) atoms. The van der Waals surface area contributed by atoms with Crippen LogP contribution in [0.3, 0.4) is 0 Å². The molecule has 0 radical (unpaired) electrons. The number of aromatic hydroxyl groups is 1. The zero-order valence-electron chi connectivity index (χ0n) is 31.9. The molecule has 3 atom stereocenters. The fraction of sp³-hybridized carbons (Fsp3) is 0.450. The van der Waals surface area contributed by atoms with Gasteiger partial charge in [0.1, 0.15) is 23.4 Å². The lowest BCUT2D eigenvalue weighted by Gasteiger charge is -2.37. The molecule has 1 aliphatic rings. The summed E-state index contributed by atoms with van der Waals surface area (Å²) in [5.74, 6) is 1.02. The third-order valence-corrected chi connectivity index (χ3v) is 9.95. The Morgan fingerprint density at radius 3 is 2.11 bits per heavy atom. The molecule has 5 aromatic rings. The predicted octanol–water partition coefficient (Wildman–Crippen LogP) is 7.26. The molecule has 3 heterocycles. The molecule has 0 saturated carbocycles. The highest BCUT2D eigenvalue weighted by Gasteiger charge is 2.32. The smallest absolute Gasteiger partial charge is 0.350 e. The summed E-state index contributed by atoms with van der Waals surface area (Å²) in [6.07, 6.45) is 5.70. The van der Waals surface area contributed by atoms with E-state index in [2.05, 4.69) is 76.2 Å². The average Bonchev–Trinajstić information content (AvgIpc) is 3.83. The van der Waals surface area contributed by atoms with Gasteiger partial charge < -0.3 is 24.4 Å². The summed E-state index contributed by atoms with van der Waals surface area (Å²) in [6.45, 7) is 19.0. The first-order valence-electron chi connectivity index (χ1n) is 18.5. The molecule has 13 heteroatoms. The molecule has 6 rings (SSSR count).